The lowest BCUT2D eigenvalue weighted by Crippen LogP contribution is -2.06. The van der Waals surface area contributed by atoms with E-state index in [1.165, 1.54) is 6.92 Å². The van der Waals surface area contributed by atoms with Gasteiger partial charge < -0.3 is 9.47 Å². The molecule has 0 unspecified atom stereocenters. The van der Waals surface area contributed by atoms with E-state index in [-0.39, 0.29) is 11.9 Å². The number of methoxy groups -OCH3 is 1. The van der Waals surface area contributed by atoms with Crippen LogP contribution in [0.25, 0.3) is 0 Å². The van der Waals surface area contributed by atoms with Crippen LogP contribution in [0.5, 0.6) is 5.75 Å². The molecule has 0 aliphatic heterocycles. The van der Waals surface area contributed by atoms with Gasteiger partial charge in [0.1, 0.15) is 5.75 Å². The van der Waals surface area contributed by atoms with Crippen LogP contribution >= 0.6 is 0 Å². The largest absolute Gasteiger partial charge is 0.496 e. The van der Waals surface area contributed by atoms with Crippen molar-refractivity contribution in [2.24, 2.45) is 0 Å². The predicted molar refractivity (Wildman–Crippen MR) is 63.0 cm³/mol. The molecule has 0 saturated carbocycles. The molecule has 0 bridgehead atoms. The van der Waals surface area contributed by atoms with Crippen molar-refractivity contribution in [2.45, 2.75) is 26.9 Å². The van der Waals surface area contributed by atoms with Gasteiger partial charge in [-0.3, -0.25) is 4.79 Å². The third-order valence-electron chi connectivity index (χ3n) is 2.48. The molecule has 0 N–H and O–H groups in total. The number of ketones is 1. The molecule has 1 rings (SSSR count). The highest BCUT2D eigenvalue weighted by Gasteiger charge is 2.16. The van der Waals surface area contributed by atoms with E-state index >= 15 is 0 Å². The smallest absolute Gasteiger partial charge is 0.163 e. The SMILES string of the molecule is CCO[C@@H](C)c1cccc(C(C)=O)c1OC. The van der Waals surface area contributed by atoms with Crippen molar-refractivity contribution < 1.29 is 14.3 Å². The topological polar surface area (TPSA) is 35.5 Å². The van der Waals surface area contributed by atoms with Crippen LogP contribution in [-0.2, 0) is 4.74 Å². The molecule has 0 aliphatic carbocycles. The summed E-state index contributed by atoms with van der Waals surface area (Å²) in [4.78, 5) is 11.4. The van der Waals surface area contributed by atoms with E-state index in [9.17, 15) is 4.79 Å². The van der Waals surface area contributed by atoms with Crippen LogP contribution in [0.15, 0.2) is 18.2 Å². The molecule has 0 heterocycles. The standard InChI is InChI=1S/C13H18O3/c1-5-16-10(3)12-8-6-7-11(9(2)14)13(12)15-4/h6-8,10H,5H2,1-4H3/t10-/m0/s1. The second-order valence-electron chi connectivity index (χ2n) is 3.58. The number of ether oxygens (including phenoxy) is 2. The average molecular weight is 222 g/mol. The van der Waals surface area contributed by atoms with Gasteiger partial charge in [0.2, 0.25) is 0 Å². The van der Waals surface area contributed by atoms with Crippen LogP contribution in [0.1, 0.15) is 42.8 Å². The van der Waals surface area contributed by atoms with Gasteiger partial charge in [-0.25, -0.2) is 0 Å². The monoisotopic (exact) mass is 222 g/mol. The van der Waals surface area contributed by atoms with E-state index in [0.717, 1.165) is 5.56 Å². The maximum atomic E-state index is 11.4. The zero-order valence-corrected chi connectivity index (χ0v) is 10.2. The van der Waals surface area contributed by atoms with Crippen LogP contribution in [0.3, 0.4) is 0 Å². The number of para-hydroxylation sites is 1. The number of hydrogen-bond donors (Lipinski definition) is 0. The molecular weight excluding hydrogens is 204 g/mol. The van der Waals surface area contributed by atoms with E-state index in [0.29, 0.717) is 17.9 Å². The number of carbonyl (C=O) groups excluding carboxylic acids is 1. The molecule has 0 saturated heterocycles. The Balaban J connectivity index is 3.18. The summed E-state index contributed by atoms with van der Waals surface area (Å²) in [6.07, 6.45) is -0.0701. The van der Waals surface area contributed by atoms with E-state index < -0.39 is 0 Å². The lowest BCUT2D eigenvalue weighted by atomic mass is 10.0. The minimum atomic E-state index is -0.0701. The first kappa shape index (κ1) is 12.7. The van der Waals surface area contributed by atoms with Crippen molar-refractivity contribution in [1.82, 2.24) is 0 Å². The average Bonchev–Trinajstić information content (AvgIpc) is 2.28. The Bertz CT molecular complexity index is 371. The summed E-state index contributed by atoms with van der Waals surface area (Å²) in [7, 11) is 1.57. The number of carbonyl (C=O) groups is 1. The Labute approximate surface area is 96.4 Å². The van der Waals surface area contributed by atoms with Gasteiger partial charge in [-0.2, -0.15) is 0 Å². The highest BCUT2D eigenvalue weighted by atomic mass is 16.5. The van der Waals surface area contributed by atoms with Gasteiger partial charge in [-0.1, -0.05) is 12.1 Å². The molecule has 0 radical (unpaired) electrons. The van der Waals surface area contributed by atoms with Gasteiger partial charge in [-0.05, 0) is 26.8 Å². The molecule has 0 aliphatic rings. The Morgan fingerprint density at radius 1 is 1.44 bits per heavy atom. The lowest BCUT2D eigenvalue weighted by molar-refractivity contribution is 0.0743. The van der Waals surface area contributed by atoms with Gasteiger partial charge in [-0.15, -0.1) is 0 Å². The molecule has 0 fully saturated rings. The summed E-state index contributed by atoms with van der Waals surface area (Å²) in [6.45, 7) is 6.06. The van der Waals surface area contributed by atoms with E-state index in [2.05, 4.69) is 0 Å². The first-order valence-electron chi connectivity index (χ1n) is 5.41. The maximum absolute atomic E-state index is 11.4. The third kappa shape index (κ3) is 2.61. The minimum absolute atomic E-state index is 0.00222. The summed E-state index contributed by atoms with van der Waals surface area (Å²) in [5.74, 6) is 0.623. The summed E-state index contributed by atoms with van der Waals surface area (Å²) >= 11 is 0. The number of hydrogen-bond acceptors (Lipinski definition) is 3. The molecule has 3 heteroatoms. The predicted octanol–water partition coefficient (Wildman–Crippen LogP) is 3.00. The molecule has 1 aromatic carbocycles. The van der Waals surface area contributed by atoms with Crippen LogP contribution < -0.4 is 4.74 Å². The van der Waals surface area contributed by atoms with Crippen LogP contribution in [-0.4, -0.2) is 19.5 Å². The van der Waals surface area contributed by atoms with Crippen LogP contribution in [0.4, 0.5) is 0 Å². The number of rotatable bonds is 5. The highest BCUT2D eigenvalue weighted by molar-refractivity contribution is 5.97. The normalized spacial score (nSPS) is 12.2. The summed E-state index contributed by atoms with van der Waals surface area (Å²) in [5, 5.41) is 0. The van der Waals surface area contributed by atoms with Gasteiger partial charge in [0.15, 0.2) is 5.78 Å². The van der Waals surface area contributed by atoms with Crippen molar-refractivity contribution in [3.05, 3.63) is 29.3 Å². The van der Waals surface area contributed by atoms with Gasteiger partial charge in [0, 0.05) is 12.2 Å². The van der Waals surface area contributed by atoms with Crippen LogP contribution in [0, 0.1) is 0 Å². The molecular formula is C13H18O3. The van der Waals surface area contributed by atoms with Crippen molar-refractivity contribution in [1.29, 1.82) is 0 Å². The Kier molecular flexibility index (Phi) is 4.50. The quantitative estimate of drug-likeness (QED) is 0.718. The second-order valence-corrected chi connectivity index (χ2v) is 3.58. The molecule has 0 spiro atoms. The molecule has 1 aromatic rings. The van der Waals surface area contributed by atoms with Crippen molar-refractivity contribution in [2.75, 3.05) is 13.7 Å². The molecule has 0 aromatic heterocycles. The first-order chi connectivity index (χ1) is 7.61. The third-order valence-corrected chi connectivity index (χ3v) is 2.48. The maximum Gasteiger partial charge on any atom is 0.163 e. The van der Waals surface area contributed by atoms with E-state index in [4.69, 9.17) is 9.47 Å². The highest BCUT2D eigenvalue weighted by Crippen LogP contribution is 2.30. The number of benzene rings is 1. The van der Waals surface area contributed by atoms with Crippen LogP contribution in [0.2, 0.25) is 0 Å². The fourth-order valence-electron chi connectivity index (χ4n) is 1.72. The van der Waals surface area contributed by atoms with Gasteiger partial charge in [0.05, 0.1) is 18.8 Å². The van der Waals surface area contributed by atoms with E-state index in [1.807, 2.05) is 26.0 Å². The Morgan fingerprint density at radius 2 is 2.12 bits per heavy atom. The van der Waals surface area contributed by atoms with Crippen molar-refractivity contribution in [3.63, 3.8) is 0 Å². The van der Waals surface area contributed by atoms with Gasteiger partial charge >= 0.3 is 0 Å². The molecule has 3 nitrogen and oxygen atoms in total. The molecule has 0 amide bonds. The Hall–Kier alpha value is -1.35. The lowest BCUT2D eigenvalue weighted by Gasteiger charge is -2.17. The van der Waals surface area contributed by atoms with Gasteiger partial charge in [0.25, 0.3) is 0 Å². The zero-order valence-electron chi connectivity index (χ0n) is 10.2. The van der Waals surface area contributed by atoms with Crippen molar-refractivity contribution in [3.8, 4) is 5.75 Å². The zero-order chi connectivity index (χ0) is 12.1. The second kappa shape index (κ2) is 5.66. The summed E-state index contributed by atoms with van der Waals surface area (Å²) in [6, 6.07) is 5.54. The summed E-state index contributed by atoms with van der Waals surface area (Å²) < 4.78 is 10.8. The van der Waals surface area contributed by atoms with Crippen molar-refractivity contribution >= 4 is 5.78 Å². The minimum Gasteiger partial charge on any atom is -0.496 e. The van der Waals surface area contributed by atoms with E-state index in [1.54, 1.807) is 13.2 Å². The molecule has 1 atom stereocenters. The fourth-order valence-corrected chi connectivity index (χ4v) is 1.72. The molecule has 16 heavy (non-hydrogen) atoms. The molecule has 88 valence electrons. The number of Topliss-reactive ketones (excluding diaryl/α,β-unsaturated/α-hetero) is 1. The summed E-state index contributed by atoms with van der Waals surface area (Å²) in [5.41, 5.74) is 1.52. The Morgan fingerprint density at radius 3 is 2.62 bits per heavy atom. The first-order valence-corrected chi connectivity index (χ1v) is 5.41. The fraction of sp³-hybridized carbons (Fsp3) is 0.462.